The molecule has 2 fully saturated rings. The van der Waals surface area contributed by atoms with E-state index in [-0.39, 0.29) is 0 Å². The molecule has 0 aromatic carbocycles. The summed E-state index contributed by atoms with van der Waals surface area (Å²) in [6.07, 6.45) is 8.64. The van der Waals surface area contributed by atoms with Gasteiger partial charge in [0.1, 0.15) is 5.82 Å². The Kier molecular flexibility index (Phi) is 3.50. The maximum absolute atomic E-state index is 4.58. The minimum Gasteiger partial charge on any atom is -0.367 e. The molecule has 1 aliphatic heterocycles. The van der Waals surface area contributed by atoms with Crippen LogP contribution >= 0.6 is 0 Å². The summed E-state index contributed by atoms with van der Waals surface area (Å²) in [5.74, 6) is 1.05. The number of rotatable bonds is 4. The Balaban J connectivity index is 1.66. The van der Waals surface area contributed by atoms with Crippen molar-refractivity contribution in [2.24, 2.45) is 0 Å². The molecule has 98 valence electrons. The number of anilines is 1. The van der Waals surface area contributed by atoms with Crippen LogP contribution in [0, 0.1) is 0 Å². The van der Waals surface area contributed by atoms with Crippen LogP contribution in [0.4, 0.5) is 5.82 Å². The van der Waals surface area contributed by atoms with E-state index < -0.39 is 0 Å². The van der Waals surface area contributed by atoms with E-state index in [9.17, 15) is 0 Å². The lowest BCUT2D eigenvalue weighted by molar-refractivity contribution is 0.271. The zero-order chi connectivity index (χ0) is 12.4. The van der Waals surface area contributed by atoms with Crippen LogP contribution in [0.3, 0.4) is 0 Å². The Morgan fingerprint density at radius 3 is 2.78 bits per heavy atom. The lowest BCUT2D eigenvalue weighted by Gasteiger charge is -2.27. The van der Waals surface area contributed by atoms with Gasteiger partial charge in [0.2, 0.25) is 0 Å². The second kappa shape index (κ2) is 5.27. The summed E-state index contributed by atoms with van der Waals surface area (Å²) in [7, 11) is 0. The highest BCUT2D eigenvalue weighted by molar-refractivity contribution is 5.38. The highest BCUT2D eigenvalue weighted by Gasteiger charge is 2.24. The number of hydrogen-bond donors (Lipinski definition) is 1. The van der Waals surface area contributed by atoms with Crippen molar-refractivity contribution in [1.82, 2.24) is 9.88 Å². The molecule has 1 N–H and O–H groups in total. The molecule has 0 bridgehead atoms. The number of nitrogens with one attached hydrogen (secondary N) is 1. The molecule has 0 unspecified atom stereocenters. The summed E-state index contributed by atoms with van der Waals surface area (Å²) < 4.78 is 0. The Bertz CT molecular complexity index is 383. The molecule has 3 heteroatoms. The lowest BCUT2D eigenvalue weighted by atomic mass is 9.93. The van der Waals surface area contributed by atoms with Gasteiger partial charge in [-0.15, -0.1) is 0 Å². The Hall–Kier alpha value is -1.09. The molecule has 2 aliphatic rings. The van der Waals surface area contributed by atoms with E-state index in [0.29, 0.717) is 12.1 Å². The van der Waals surface area contributed by atoms with Crippen molar-refractivity contribution in [3.8, 4) is 0 Å². The smallest absolute Gasteiger partial charge is 0.126 e. The van der Waals surface area contributed by atoms with Gasteiger partial charge in [-0.25, -0.2) is 4.98 Å². The van der Waals surface area contributed by atoms with Crippen molar-refractivity contribution in [3.63, 3.8) is 0 Å². The summed E-state index contributed by atoms with van der Waals surface area (Å²) in [6, 6.07) is 5.68. The second-order valence-electron chi connectivity index (χ2n) is 5.54. The van der Waals surface area contributed by atoms with E-state index in [1.165, 1.54) is 44.2 Å². The highest BCUT2D eigenvalue weighted by Crippen LogP contribution is 2.31. The fourth-order valence-electron chi connectivity index (χ4n) is 3.03. The zero-order valence-electron chi connectivity index (χ0n) is 11.2. The van der Waals surface area contributed by atoms with Crippen LogP contribution in [0.1, 0.15) is 50.6 Å². The molecular formula is C15H23N3. The molecule has 0 amide bonds. The van der Waals surface area contributed by atoms with E-state index in [1.54, 1.807) is 0 Å². The summed E-state index contributed by atoms with van der Waals surface area (Å²) in [4.78, 5) is 7.13. The predicted octanol–water partition coefficient (Wildman–Crippen LogP) is 3.20. The molecule has 1 saturated heterocycles. The average Bonchev–Trinajstić information content (AvgIpc) is 2.83. The summed E-state index contributed by atoms with van der Waals surface area (Å²) in [6.45, 7) is 4.63. The van der Waals surface area contributed by atoms with Crippen molar-refractivity contribution in [2.45, 2.75) is 51.1 Å². The zero-order valence-corrected chi connectivity index (χ0v) is 11.2. The summed E-state index contributed by atoms with van der Waals surface area (Å²) >= 11 is 0. The second-order valence-corrected chi connectivity index (χ2v) is 5.54. The number of likely N-dealkylation sites (tertiary alicyclic amines) is 1. The minimum atomic E-state index is 0.597. The van der Waals surface area contributed by atoms with Crippen LogP contribution in [0.5, 0.6) is 0 Å². The van der Waals surface area contributed by atoms with E-state index in [2.05, 4.69) is 40.5 Å². The van der Waals surface area contributed by atoms with E-state index in [4.69, 9.17) is 0 Å². The number of aromatic nitrogens is 1. The minimum absolute atomic E-state index is 0.597. The van der Waals surface area contributed by atoms with Crippen LogP contribution < -0.4 is 5.32 Å². The van der Waals surface area contributed by atoms with E-state index >= 15 is 0 Å². The third-order valence-corrected chi connectivity index (χ3v) is 4.40. The van der Waals surface area contributed by atoms with Gasteiger partial charge in [-0.3, -0.25) is 4.90 Å². The van der Waals surface area contributed by atoms with Gasteiger partial charge in [0.05, 0.1) is 0 Å². The molecule has 18 heavy (non-hydrogen) atoms. The Morgan fingerprint density at radius 2 is 2.17 bits per heavy atom. The van der Waals surface area contributed by atoms with Crippen LogP contribution in [0.15, 0.2) is 18.3 Å². The predicted molar refractivity (Wildman–Crippen MR) is 74.7 cm³/mol. The Morgan fingerprint density at radius 1 is 1.28 bits per heavy atom. The first kappa shape index (κ1) is 12.0. The van der Waals surface area contributed by atoms with Crippen molar-refractivity contribution in [2.75, 3.05) is 18.4 Å². The largest absolute Gasteiger partial charge is 0.367 e. The van der Waals surface area contributed by atoms with Gasteiger partial charge in [0, 0.05) is 18.3 Å². The Labute approximate surface area is 110 Å². The van der Waals surface area contributed by atoms with Crippen LogP contribution in [0.25, 0.3) is 0 Å². The lowest BCUT2D eigenvalue weighted by Crippen LogP contribution is -2.27. The molecule has 1 atom stereocenters. The van der Waals surface area contributed by atoms with Gasteiger partial charge in [0.25, 0.3) is 0 Å². The van der Waals surface area contributed by atoms with Crippen molar-refractivity contribution in [1.29, 1.82) is 0 Å². The molecule has 1 aliphatic carbocycles. The standard InChI is InChI=1S/C15H23N3/c1-2-18-10-4-7-14(18)12-8-9-15(16-11-12)17-13-5-3-6-13/h8-9,11,13-14H,2-7,10H2,1H3,(H,16,17)/t14-/m0/s1. The molecule has 0 radical (unpaired) electrons. The van der Waals surface area contributed by atoms with Gasteiger partial charge in [-0.2, -0.15) is 0 Å². The maximum atomic E-state index is 4.58. The fraction of sp³-hybridized carbons (Fsp3) is 0.667. The first-order chi connectivity index (χ1) is 8.86. The fourth-order valence-corrected chi connectivity index (χ4v) is 3.03. The third kappa shape index (κ3) is 2.37. The molecule has 2 heterocycles. The van der Waals surface area contributed by atoms with Gasteiger partial charge < -0.3 is 5.32 Å². The van der Waals surface area contributed by atoms with Crippen molar-refractivity contribution in [3.05, 3.63) is 23.9 Å². The number of nitrogens with zero attached hydrogens (tertiary/aromatic N) is 2. The number of pyridine rings is 1. The van der Waals surface area contributed by atoms with Crippen molar-refractivity contribution >= 4 is 5.82 Å². The first-order valence-electron chi connectivity index (χ1n) is 7.33. The van der Waals surface area contributed by atoms with E-state index in [1.807, 2.05) is 0 Å². The number of hydrogen-bond acceptors (Lipinski definition) is 3. The summed E-state index contributed by atoms with van der Waals surface area (Å²) in [5.41, 5.74) is 1.38. The topological polar surface area (TPSA) is 28.2 Å². The first-order valence-corrected chi connectivity index (χ1v) is 7.33. The quantitative estimate of drug-likeness (QED) is 0.883. The normalized spacial score (nSPS) is 25.1. The van der Waals surface area contributed by atoms with Crippen LogP contribution in [0.2, 0.25) is 0 Å². The van der Waals surface area contributed by atoms with Gasteiger partial charge in [-0.1, -0.05) is 13.0 Å². The average molecular weight is 245 g/mol. The SMILES string of the molecule is CCN1CCC[C@H]1c1ccc(NC2CCC2)nc1. The van der Waals surface area contributed by atoms with Crippen LogP contribution in [-0.2, 0) is 0 Å². The molecule has 3 nitrogen and oxygen atoms in total. The molecule has 0 spiro atoms. The van der Waals surface area contributed by atoms with Gasteiger partial charge in [-0.05, 0) is 56.8 Å². The van der Waals surface area contributed by atoms with E-state index in [0.717, 1.165) is 12.4 Å². The summed E-state index contributed by atoms with van der Waals surface area (Å²) in [5, 5.41) is 3.50. The van der Waals surface area contributed by atoms with Gasteiger partial charge in [0.15, 0.2) is 0 Å². The monoisotopic (exact) mass is 245 g/mol. The molecular weight excluding hydrogens is 222 g/mol. The van der Waals surface area contributed by atoms with Crippen LogP contribution in [-0.4, -0.2) is 29.0 Å². The maximum Gasteiger partial charge on any atom is 0.126 e. The highest BCUT2D eigenvalue weighted by atomic mass is 15.2. The molecule has 1 aromatic heterocycles. The molecule has 1 aromatic rings. The molecule has 1 saturated carbocycles. The van der Waals surface area contributed by atoms with Gasteiger partial charge >= 0.3 is 0 Å². The van der Waals surface area contributed by atoms with Crippen molar-refractivity contribution < 1.29 is 0 Å². The third-order valence-electron chi connectivity index (χ3n) is 4.40. The molecule has 3 rings (SSSR count).